The van der Waals surface area contributed by atoms with Gasteiger partial charge < -0.3 is 10.1 Å². The zero-order valence-electron chi connectivity index (χ0n) is 12.9. The SMILES string of the molecule is COC(=O)[C@@H](Cc1ccc(F)cc1)NC(=O)Cc1cc(C)[nH]n1. The fraction of sp³-hybridized carbons (Fsp3) is 0.312. The summed E-state index contributed by atoms with van der Waals surface area (Å²) in [6, 6.07) is 6.66. The summed E-state index contributed by atoms with van der Waals surface area (Å²) in [6.45, 7) is 1.83. The van der Waals surface area contributed by atoms with Crippen LogP contribution in [0.15, 0.2) is 30.3 Å². The van der Waals surface area contributed by atoms with Crippen LogP contribution in [0.1, 0.15) is 17.0 Å². The third-order valence-corrected chi connectivity index (χ3v) is 3.27. The molecule has 1 heterocycles. The molecule has 1 atom stereocenters. The number of aryl methyl sites for hydroxylation is 1. The van der Waals surface area contributed by atoms with Crippen LogP contribution in [0.3, 0.4) is 0 Å². The molecule has 0 saturated carbocycles. The Bertz CT molecular complexity index is 682. The zero-order valence-corrected chi connectivity index (χ0v) is 12.9. The van der Waals surface area contributed by atoms with Crippen LogP contribution in [0, 0.1) is 12.7 Å². The van der Waals surface area contributed by atoms with Gasteiger partial charge in [-0.3, -0.25) is 9.89 Å². The number of nitrogens with zero attached hydrogens (tertiary/aromatic N) is 1. The molecule has 6 nitrogen and oxygen atoms in total. The minimum Gasteiger partial charge on any atom is -0.467 e. The van der Waals surface area contributed by atoms with Crippen LogP contribution in [0.4, 0.5) is 4.39 Å². The quantitative estimate of drug-likeness (QED) is 0.786. The molecule has 0 aliphatic heterocycles. The number of halogens is 1. The van der Waals surface area contributed by atoms with Crippen LogP contribution < -0.4 is 5.32 Å². The van der Waals surface area contributed by atoms with E-state index in [0.29, 0.717) is 5.69 Å². The molecule has 0 radical (unpaired) electrons. The van der Waals surface area contributed by atoms with Gasteiger partial charge in [-0.05, 0) is 30.7 Å². The largest absolute Gasteiger partial charge is 0.467 e. The van der Waals surface area contributed by atoms with Crippen molar-refractivity contribution < 1.29 is 18.7 Å². The van der Waals surface area contributed by atoms with Crippen molar-refractivity contribution in [2.24, 2.45) is 0 Å². The first-order valence-electron chi connectivity index (χ1n) is 7.10. The highest BCUT2D eigenvalue weighted by atomic mass is 19.1. The van der Waals surface area contributed by atoms with E-state index >= 15 is 0 Å². The Balaban J connectivity index is 2.01. The number of ether oxygens (including phenoxy) is 1. The average Bonchev–Trinajstić information content (AvgIpc) is 2.92. The monoisotopic (exact) mass is 319 g/mol. The number of H-pyrrole nitrogens is 1. The van der Waals surface area contributed by atoms with Crippen molar-refractivity contribution in [2.45, 2.75) is 25.8 Å². The van der Waals surface area contributed by atoms with E-state index in [2.05, 4.69) is 15.5 Å². The second-order valence-electron chi connectivity index (χ2n) is 5.19. The molecule has 2 N–H and O–H groups in total. The minimum atomic E-state index is -0.835. The van der Waals surface area contributed by atoms with E-state index in [1.807, 2.05) is 6.92 Å². The summed E-state index contributed by atoms with van der Waals surface area (Å²) < 4.78 is 17.6. The third-order valence-electron chi connectivity index (χ3n) is 3.27. The second kappa shape index (κ2) is 7.53. The smallest absolute Gasteiger partial charge is 0.328 e. The molecule has 2 rings (SSSR count). The Morgan fingerprint density at radius 1 is 1.35 bits per heavy atom. The maximum Gasteiger partial charge on any atom is 0.328 e. The van der Waals surface area contributed by atoms with Gasteiger partial charge in [-0.2, -0.15) is 5.10 Å². The van der Waals surface area contributed by atoms with E-state index in [1.54, 1.807) is 18.2 Å². The van der Waals surface area contributed by atoms with E-state index in [0.717, 1.165) is 11.3 Å². The number of nitrogens with one attached hydrogen (secondary N) is 2. The molecule has 1 aromatic heterocycles. The minimum absolute atomic E-state index is 0.0568. The second-order valence-corrected chi connectivity index (χ2v) is 5.19. The van der Waals surface area contributed by atoms with Gasteiger partial charge in [0.15, 0.2) is 0 Å². The predicted molar refractivity (Wildman–Crippen MR) is 81.1 cm³/mol. The Labute approximate surface area is 133 Å². The molecule has 2 aromatic rings. The number of carbonyl (C=O) groups excluding carboxylic acids is 2. The van der Waals surface area contributed by atoms with Crippen molar-refractivity contribution >= 4 is 11.9 Å². The first-order chi connectivity index (χ1) is 11.0. The fourth-order valence-electron chi connectivity index (χ4n) is 2.17. The third kappa shape index (κ3) is 4.91. The van der Waals surface area contributed by atoms with Gasteiger partial charge in [0, 0.05) is 12.1 Å². The summed E-state index contributed by atoms with van der Waals surface area (Å²) in [5.41, 5.74) is 2.16. The van der Waals surface area contributed by atoms with Crippen molar-refractivity contribution in [3.63, 3.8) is 0 Å². The molecule has 122 valence electrons. The lowest BCUT2D eigenvalue weighted by Crippen LogP contribution is -2.43. The summed E-state index contributed by atoms with van der Waals surface area (Å²) in [4.78, 5) is 23.9. The van der Waals surface area contributed by atoms with Gasteiger partial charge in [0.1, 0.15) is 11.9 Å². The maximum absolute atomic E-state index is 12.9. The highest BCUT2D eigenvalue weighted by Gasteiger charge is 2.22. The molecule has 0 bridgehead atoms. The van der Waals surface area contributed by atoms with E-state index in [-0.39, 0.29) is 24.6 Å². The van der Waals surface area contributed by atoms with Gasteiger partial charge in [0.25, 0.3) is 0 Å². The normalized spacial score (nSPS) is 11.8. The number of amides is 1. The van der Waals surface area contributed by atoms with Crippen LogP contribution in [0.25, 0.3) is 0 Å². The van der Waals surface area contributed by atoms with Crippen LogP contribution in [0.5, 0.6) is 0 Å². The molecular weight excluding hydrogens is 301 g/mol. The fourth-order valence-corrected chi connectivity index (χ4v) is 2.17. The summed E-state index contributed by atoms with van der Waals surface area (Å²) in [6.07, 6.45) is 0.277. The van der Waals surface area contributed by atoms with Crippen molar-refractivity contribution in [2.75, 3.05) is 7.11 Å². The topological polar surface area (TPSA) is 84.1 Å². The maximum atomic E-state index is 12.9. The molecule has 0 fully saturated rings. The number of hydrogen-bond donors (Lipinski definition) is 2. The Morgan fingerprint density at radius 3 is 2.61 bits per heavy atom. The van der Waals surface area contributed by atoms with Crippen LogP contribution in [-0.4, -0.2) is 35.2 Å². The summed E-state index contributed by atoms with van der Waals surface area (Å²) in [5, 5.41) is 9.35. The summed E-state index contributed by atoms with van der Waals surface area (Å²) in [5.74, 6) is -1.25. The van der Waals surface area contributed by atoms with Gasteiger partial charge >= 0.3 is 5.97 Å². The summed E-state index contributed by atoms with van der Waals surface area (Å²) >= 11 is 0. The summed E-state index contributed by atoms with van der Waals surface area (Å²) in [7, 11) is 1.25. The highest BCUT2D eigenvalue weighted by Crippen LogP contribution is 2.07. The van der Waals surface area contributed by atoms with E-state index in [9.17, 15) is 14.0 Å². The van der Waals surface area contributed by atoms with Crippen molar-refractivity contribution in [1.82, 2.24) is 15.5 Å². The van der Waals surface area contributed by atoms with Gasteiger partial charge in [-0.25, -0.2) is 9.18 Å². The number of carbonyl (C=O) groups is 2. The molecule has 23 heavy (non-hydrogen) atoms. The van der Waals surface area contributed by atoms with Gasteiger partial charge in [0.2, 0.25) is 5.91 Å². The lowest BCUT2D eigenvalue weighted by molar-refractivity contribution is -0.145. The molecule has 0 saturated heterocycles. The number of hydrogen-bond acceptors (Lipinski definition) is 4. The number of benzene rings is 1. The van der Waals surface area contributed by atoms with Gasteiger partial charge in [-0.15, -0.1) is 0 Å². The molecule has 1 aromatic carbocycles. The molecule has 0 unspecified atom stereocenters. The van der Waals surface area contributed by atoms with Crippen LogP contribution >= 0.6 is 0 Å². The number of aromatic amines is 1. The molecule has 0 aliphatic carbocycles. The van der Waals surface area contributed by atoms with E-state index < -0.39 is 12.0 Å². The highest BCUT2D eigenvalue weighted by molar-refractivity contribution is 5.85. The molecule has 7 heteroatoms. The van der Waals surface area contributed by atoms with Crippen LogP contribution in [0.2, 0.25) is 0 Å². The van der Waals surface area contributed by atoms with Crippen molar-refractivity contribution in [3.8, 4) is 0 Å². The molecule has 0 spiro atoms. The van der Waals surface area contributed by atoms with Gasteiger partial charge in [-0.1, -0.05) is 12.1 Å². The first-order valence-corrected chi connectivity index (χ1v) is 7.10. The number of methoxy groups -OCH3 is 1. The van der Waals surface area contributed by atoms with Crippen molar-refractivity contribution in [1.29, 1.82) is 0 Å². The molecule has 1 amide bonds. The first kappa shape index (κ1) is 16.7. The van der Waals surface area contributed by atoms with Crippen LogP contribution in [-0.2, 0) is 27.2 Å². The standard InChI is InChI=1S/C16H18FN3O3/c1-10-7-13(20-19-10)9-15(21)18-14(16(22)23-2)8-11-3-5-12(17)6-4-11/h3-7,14H,8-9H2,1-2H3,(H,18,21)(H,19,20)/t14-/m1/s1. The van der Waals surface area contributed by atoms with E-state index in [1.165, 1.54) is 19.2 Å². The Kier molecular flexibility index (Phi) is 5.46. The number of aromatic nitrogens is 2. The zero-order chi connectivity index (χ0) is 16.8. The lowest BCUT2D eigenvalue weighted by Gasteiger charge is -2.16. The van der Waals surface area contributed by atoms with E-state index in [4.69, 9.17) is 4.74 Å². The van der Waals surface area contributed by atoms with Gasteiger partial charge in [0.05, 0.1) is 19.2 Å². The van der Waals surface area contributed by atoms with Crippen molar-refractivity contribution in [3.05, 3.63) is 53.1 Å². The Morgan fingerprint density at radius 2 is 2.04 bits per heavy atom. The predicted octanol–water partition coefficient (Wildman–Crippen LogP) is 1.30. The number of rotatable bonds is 6. The average molecular weight is 319 g/mol. The Hall–Kier alpha value is -2.70. The molecular formula is C16H18FN3O3. The molecule has 0 aliphatic rings. The number of esters is 1. The lowest BCUT2D eigenvalue weighted by atomic mass is 10.1.